The van der Waals surface area contributed by atoms with Crippen LogP contribution in [0.5, 0.6) is 0 Å². The molecule has 1 saturated heterocycles. The number of fused-ring (bicyclic) bond motifs is 1. The summed E-state index contributed by atoms with van der Waals surface area (Å²) in [6, 6.07) is 16.6. The number of nitrogens with one attached hydrogen (secondary N) is 2. The molecule has 0 aliphatic carbocycles. The van der Waals surface area contributed by atoms with Gasteiger partial charge in [0, 0.05) is 38.4 Å². The molecule has 2 aliphatic heterocycles. The Morgan fingerprint density at radius 1 is 1.00 bits per heavy atom. The highest BCUT2D eigenvalue weighted by atomic mass is 16.5. The summed E-state index contributed by atoms with van der Waals surface area (Å²) in [7, 11) is 0. The molecule has 0 radical (unpaired) electrons. The van der Waals surface area contributed by atoms with Crippen LogP contribution in [-0.4, -0.2) is 62.7 Å². The molecule has 2 aliphatic rings. The number of anilines is 1. The fraction of sp³-hybridized carbons (Fsp3) is 0.440. The van der Waals surface area contributed by atoms with Crippen molar-refractivity contribution < 1.29 is 9.53 Å². The van der Waals surface area contributed by atoms with Gasteiger partial charge in [0.05, 0.1) is 26.3 Å². The fourth-order valence-corrected chi connectivity index (χ4v) is 4.22. The van der Waals surface area contributed by atoms with Crippen molar-refractivity contribution in [3.05, 3.63) is 65.2 Å². The zero-order valence-corrected chi connectivity index (χ0v) is 18.8. The Labute approximate surface area is 190 Å². The van der Waals surface area contributed by atoms with Crippen LogP contribution < -0.4 is 15.5 Å². The van der Waals surface area contributed by atoms with Crippen molar-refractivity contribution in [2.75, 3.05) is 50.8 Å². The maximum absolute atomic E-state index is 12.8. The molecule has 2 heterocycles. The lowest BCUT2D eigenvalue weighted by Gasteiger charge is -2.27. The Bertz CT molecular complexity index is 939. The lowest BCUT2D eigenvalue weighted by atomic mass is 10.1. The molecule has 7 nitrogen and oxygen atoms in total. The van der Waals surface area contributed by atoms with Gasteiger partial charge in [0.1, 0.15) is 0 Å². The summed E-state index contributed by atoms with van der Waals surface area (Å²) in [5, 5.41) is 6.48. The summed E-state index contributed by atoms with van der Waals surface area (Å²) in [6.45, 7) is 8.71. The summed E-state index contributed by atoms with van der Waals surface area (Å²) in [5.74, 6) is 0.725. The first-order chi connectivity index (χ1) is 15.7. The van der Waals surface area contributed by atoms with Gasteiger partial charge < -0.3 is 20.3 Å². The fourth-order valence-electron chi connectivity index (χ4n) is 4.22. The monoisotopic (exact) mass is 435 g/mol. The van der Waals surface area contributed by atoms with Crippen LogP contribution in [0.2, 0.25) is 0 Å². The second-order valence-electron chi connectivity index (χ2n) is 8.13. The van der Waals surface area contributed by atoms with E-state index in [9.17, 15) is 4.79 Å². The van der Waals surface area contributed by atoms with Crippen molar-refractivity contribution in [2.45, 2.75) is 26.4 Å². The van der Waals surface area contributed by atoms with E-state index < -0.39 is 0 Å². The van der Waals surface area contributed by atoms with E-state index in [0.29, 0.717) is 12.5 Å². The van der Waals surface area contributed by atoms with Crippen molar-refractivity contribution in [1.29, 1.82) is 0 Å². The van der Waals surface area contributed by atoms with E-state index >= 15 is 0 Å². The predicted molar refractivity (Wildman–Crippen MR) is 128 cm³/mol. The number of ether oxygens (including phenoxy) is 1. The van der Waals surface area contributed by atoms with Gasteiger partial charge in [0.2, 0.25) is 5.91 Å². The zero-order chi connectivity index (χ0) is 22.2. The first-order valence-corrected chi connectivity index (χ1v) is 11.5. The molecule has 7 heteroatoms. The molecule has 0 spiro atoms. The molecule has 0 aromatic heterocycles. The average Bonchev–Trinajstić information content (AvgIpc) is 3.26. The van der Waals surface area contributed by atoms with Gasteiger partial charge in [-0.2, -0.15) is 0 Å². The minimum atomic E-state index is 0.0632. The average molecular weight is 436 g/mol. The Hall–Kier alpha value is -2.90. The standard InChI is InChI=1S/C25H33N5O2/c1-2-26-25(28-18-24(31)30-12-11-20-7-5-6-10-23(20)30)27-17-21-8-3-4-9-22(21)19-29-13-15-32-16-14-29/h3-10H,2,11-19H2,1H3,(H2,26,27,28). The molecule has 4 rings (SSSR count). The third kappa shape index (κ3) is 5.66. The highest BCUT2D eigenvalue weighted by Gasteiger charge is 2.23. The number of carbonyl (C=O) groups excluding carboxylic acids is 1. The van der Waals surface area contributed by atoms with Gasteiger partial charge in [-0.15, -0.1) is 0 Å². The Balaban J connectivity index is 1.37. The van der Waals surface area contributed by atoms with Gasteiger partial charge in [-0.05, 0) is 36.1 Å². The van der Waals surface area contributed by atoms with Crippen LogP contribution in [0.15, 0.2) is 53.5 Å². The molecular formula is C25H33N5O2. The lowest BCUT2D eigenvalue weighted by molar-refractivity contribution is -0.117. The number of benzene rings is 2. The van der Waals surface area contributed by atoms with Gasteiger partial charge in [0.15, 0.2) is 5.96 Å². The van der Waals surface area contributed by atoms with E-state index in [4.69, 9.17) is 9.73 Å². The summed E-state index contributed by atoms with van der Waals surface area (Å²) < 4.78 is 5.47. The molecule has 0 saturated carbocycles. The number of morpholine rings is 1. The van der Waals surface area contributed by atoms with Crippen LogP contribution in [0.4, 0.5) is 5.69 Å². The van der Waals surface area contributed by atoms with Crippen LogP contribution in [0, 0.1) is 0 Å². The lowest BCUT2D eigenvalue weighted by Crippen LogP contribution is -2.44. The van der Waals surface area contributed by atoms with E-state index in [-0.39, 0.29) is 12.5 Å². The predicted octanol–water partition coefficient (Wildman–Crippen LogP) is 2.16. The van der Waals surface area contributed by atoms with Gasteiger partial charge in [-0.3, -0.25) is 9.69 Å². The summed E-state index contributed by atoms with van der Waals surface area (Å²) in [5.41, 5.74) is 4.76. The van der Waals surface area contributed by atoms with Crippen molar-refractivity contribution in [1.82, 2.24) is 15.5 Å². The van der Waals surface area contributed by atoms with E-state index in [1.165, 1.54) is 16.7 Å². The molecule has 2 aromatic rings. The third-order valence-corrected chi connectivity index (χ3v) is 5.96. The summed E-state index contributed by atoms with van der Waals surface area (Å²) in [4.78, 5) is 21.9. The van der Waals surface area contributed by atoms with E-state index in [1.807, 2.05) is 30.0 Å². The quantitative estimate of drug-likeness (QED) is 0.515. The minimum absolute atomic E-state index is 0.0632. The van der Waals surface area contributed by atoms with Crippen LogP contribution in [0.1, 0.15) is 23.6 Å². The van der Waals surface area contributed by atoms with Crippen molar-refractivity contribution in [3.63, 3.8) is 0 Å². The van der Waals surface area contributed by atoms with Gasteiger partial charge in [-0.25, -0.2) is 4.99 Å². The second kappa shape index (κ2) is 11.1. The molecule has 0 bridgehead atoms. The smallest absolute Gasteiger partial charge is 0.246 e. The van der Waals surface area contributed by atoms with E-state index in [0.717, 1.165) is 58.0 Å². The largest absolute Gasteiger partial charge is 0.379 e. The molecule has 32 heavy (non-hydrogen) atoms. The second-order valence-corrected chi connectivity index (χ2v) is 8.13. The normalized spacial score (nSPS) is 16.7. The first-order valence-electron chi connectivity index (χ1n) is 11.5. The molecule has 0 atom stereocenters. The topological polar surface area (TPSA) is 69.2 Å². The molecular weight excluding hydrogens is 402 g/mol. The first kappa shape index (κ1) is 22.3. The molecule has 0 unspecified atom stereocenters. The number of amides is 1. The maximum atomic E-state index is 12.8. The van der Waals surface area contributed by atoms with Gasteiger partial charge in [-0.1, -0.05) is 42.5 Å². The molecule has 1 fully saturated rings. The highest BCUT2D eigenvalue weighted by Crippen LogP contribution is 2.27. The molecule has 170 valence electrons. The summed E-state index contributed by atoms with van der Waals surface area (Å²) in [6.07, 6.45) is 0.913. The van der Waals surface area contributed by atoms with Crippen LogP contribution in [-0.2, 0) is 29.0 Å². The Morgan fingerprint density at radius 2 is 1.75 bits per heavy atom. The van der Waals surface area contributed by atoms with Crippen molar-refractivity contribution in [2.24, 2.45) is 4.99 Å². The van der Waals surface area contributed by atoms with Gasteiger partial charge >= 0.3 is 0 Å². The number of nitrogens with zero attached hydrogens (tertiary/aromatic N) is 3. The van der Waals surface area contributed by atoms with Gasteiger partial charge in [0.25, 0.3) is 0 Å². The Morgan fingerprint density at radius 3 is 2.56 bits per heavy atom. The molecule has 2 N–H and O–H groups in total. The van der Waals surface area contributed by atoms with E-state index in [1.54, 1.807) is 0 Å². The highest BCUT2D eigenvalue weighted by molar-refractivity contribution is 5.98. The minimum Gasteiger partial charge on any atom is -0.379 e. The number of guanidine groups is 1. The van der Waals surface area contributed by atoms with Crippen molar-refractivity contribution >= 4 is 17.6 Å². The SMILES string of the molecule is CCNC(=NCc1ccccc1CN1CCOCC1)NCC(=O)N1CCc2ccccc21. The zero-order valence-electron chi connectivity index (χ0n) is 18.8. The van der Waals surface area contributed by atoms with Crippen LogP contribution in [0.3, 0.4) is 0 Å². The summed E-state index contributed by atoms with van der Waals surface area (Å²) >= 11 is 0. The van der Waals surface area contributed by atoms with Crippen molar-refractivity contribution in [3.8, 4) is 0 Å². The van der Waals surface area contributed by atoms with Crippen LogP contribution >= 0.6 is 0 Å². The van der Waals surface area contributed by atoms with Crippen LogP contribution in [0.25, 0.3) is 0 Å². The number of hydrogen-bond acceptors (Lipinski definition) is 4. The number of carbonyl (C=O) groups is 1. The number of rotatable bonds is 7. The number of para-hydroxylation sites is 1. The molecule has 2 aromatic carbocycles. The molecule has 1 amide bonds. The third-order valence-electron chi connectivity index (χ3n) is 5.96. The Kier molecular flexibility index (Phi) is 7.74. The van der Waals surface area contributed by atoms with E-state index in [2.05, 4.69) is 45.9 Å². The number of hydrogen-bond donors (Lipinski definition) is 2. The maximum Gasteiger partial charge on any atom is 0.246 e. The number of aliphatic imine (C=N–C) groups is 1.